The smallest absolute Gasteiger partial charge is 0.417 e. The molecule has 174 valence electrons. The molecular formula is C23H28F3N3O3. The fourth-order valence-corrected chi connectivity index (χ4v) is 3.73. The number of piperazine rings is 1. The fraction of sp³-hybridized carbons (Fsp3) is 0.478. The van der Waals surface area contributed by atoms with Crippen LogP contribution in [0, 0.1) is 13.8 Å². The number of carboxylic acid groups (broad SMARTS) is 1. The Morgan fingerprint density at radius 2 is 1.69 bits per heavy atom. The second-order valence-corrected chi connectivity index (χ2v) is 8.64. The van der Waals surface area contributed by atoms with Crippen molar-refractivity contribution in [2.24, 2.45) is 0 Å². The molecule has 2 aromatic rings. The van der Waals surface area contributed by atoms with Crippen molar-refractivity contribution in [2.45, 2.75) is 46.0 Å². The lowest BCUT2D eigenvalue weighted by atomic mass is 10.0. The Morgan fingerprint density at radius 3 is 2.16 bits per heavy atom. The van der Waals surface area contributed by atoms with Gasteiger partial charge in [0.15, 0.2) is 5.60 Å². The van der Waals surface area contributed by atoms with E-state index in [4.69, 9.17) is 4.74 Å². The van der Waals surface area contributed by atoms with E-state index in [1.807, 2.05) is 30.9 Å². The van der Waals surface area contributed by atoms with Gasteiger partial charge in [-0.3, -0.25) is 4.90 Å². The van der Waals surface area contributed by atoms with E-state index in [1.54, 1.807) is 0 Å². The van der Waals surface area contributed by atoms with Gasteiger partial charge in [-0.2, -0.15) is 13.2 Å². The van der Waals surface area contributed by atoms with Gasteiger partial charge in [-0.05, 0) is 56.5 Å². The summed E-state index contributed by atoms with van der Waals surface area (Å²) in [7, 11) is 0. The molecule has 32 heavy (non-hydrogen) atoms. The predicted molar refractivity (Wildman–Crippen MR) is 115 cm³/mol. The third-order valence-electron chi connectivity index (χ3n) is 5.57. The van der Waals surface area contributed by atoms with Crippen LogP contribution in [0.25, 0.3) is 0 Å². The zero-order valence-electron chi connectivity index (χ0n) is 18.7. The Hall–Kier alpha value is -2.81. The van der Waals surface area contributed by atoms with Crippen molar-refractivity contribution >= 4 is 11.8 Å². The number of carbonyl (C=O) groups is 1. The van der Waals surface area contributed by atoms with Crippen LogP contribution in [0.2, 0.25) is 0 Å². The van der Waals surface area contributed by atoms with Crippen molar-refractivity contribution in [3.63, 3.8) is 0 Å². The lowest BCUT2D eigenvalue weighted by molar-refractivity contribution is -0.152. The summed E-state index contributed by atoms with van der Waals surface area (Å²) in [5.41, 5.74) is 0.787. The zero-order valence-corrected chi connectivity index (χ0v) is 18.7. The number of halogens is 3. The zero-order chi connectivity index (χ0) is 23.7. The van der Waals surface area contributed by atoms with Crippen molar-refractivity contribution in [2.75, 3.05) is 31.1 Å². The largest absolute Gasteiger partial charge is 0.478 e. The van der Waals surface area contributed by atoms with Gasteiger partial charge in [0.1, 0.15) is 11.6 Å². The number of aromatic nitrogens is 1. The lowest BCUT2D eigenvalue weighted by Gasteiger charge is -2.35. The van der Waals surface area contributed by atoms with E-state index < -0.39 is 23.3 Å². The molecule has 6 nitrogen and oxygen atoms in total. The maximum atomic E-state index is 12.7. The molecule has 1 aromatic heterocycles. The Morgan fingerprint density at radius 1 is 1.09 bits per heavy atom. The predicted octanol–water partition coefficient (Wildman–Crippen LogP) is 4.28. The first kappa shape index (κ1) is 23.8. The monoisotopic (exact) mass is 451 g/mol. The van der Waals surface area contributed by atoms with E-state index in [0.29, 0.717) is 24.7 Å². The quantitative estimate of drug-likeness (QED) is 0.707. The third kappa shape index (κ3) is 5.51. The maximum Gasteiger partial charge on any atom is 0.417 e. The lowest BCUT2D eigenvalue weighted by Crippen LogP contribution is -2.46. The Bertz CT molecular complexity index is 944. The number of hydrogen-bond donors (Lipinski definition) is 1. The number of benzene rings is 1. The van der Waals surface area contributed by atoms with E-state index in [-0.39, 0.29) is 0 Å². The van der Waals surface area contributed by atoms with Crippen LogP contribution in [0.5, 0.6) is 5.75 Å². The van der Waals surface area contributed by atoms with Crippen LogP contribution in [0.15, 0.2) is 30.5 Å². The molecule has 1 N–H and O–H groups in total. The highest BCUT2D eigenvalue weighted by Gasteiger charge is 2.32. The first-order valence-electron chi connectivity index (χ1n) is 10.4. The SMILES string of the molecule is Cc1cc(CN2CCN(c3ccc(C(F)(F)F)cn3)CC2)cc(C)c1OC(C)(C)C(=O)O. The van der Waals surface area contributed by atoms with Crippen LogP contribution < -0.4 is 9.64 Å². The van der Waals surface area contributed by atoms with Crippen molar-refractivity contribution in [3.8, 4) is 5.75 Å². The maximum absolute atomic E-state index is 12.7. The number of aliphatic carboxylic acids is 1. The molecule has 0 aliphatic carbocycles. The van der Waals surface area contributed by atoms with Crippen molar-refractivity contribution in [1.82, 2.24) is 9.88 Å². The average Bonchev–Trinajstić information content (AvgIpc) is 2.71. The van der Waals surface area contributed by atoms with Crippen molar-refractivity contribution in [3.05, 3.63) is 52.7 Å². The minimum absolute atomic E-state index is 0.548. The van der Waals surface area contributed by atoms with Crippen LogP contribution in [0.3, 0.4) is 0 Å². The van der Waals surface area contributed by atoms with Gasteiger partial charge in [0.25, 0.3) is 0 Å². The molecule has 1 aromatic carbocycles. The van der Waals surface area contributed by atoms with E-state index >= 15 is 0 Å². The second kappa shape index (κ2) is 8.97. The number of anilines is 1. The molecule has 2 heterocycles. The Labute approximate surface area is 185 Å². The van der Waals surface area contributed by atoms with Gasteiger partial charge in [-0.15, -0.1) is 0 Å². The highest BCUT2D eigenvalue weighted by atomic mass is 19.4. The van der Waals surface area contributed by atoms with E-state index in [2.05, 4.69) is 9.88 Å². The minimum Gasteiger partial charge on any atom is -0.478 e. The molecule has 0 amide bonds. The summed E-state index contributed by atoms with van der Waals surface area (Å²) in [6.45, 7) is 10.4. The van der Waals surface area contributed by atoms with Gasteiger partial charge in [0, 0.05) is 38.9 Å². The van der Waals surface area contributed by atoms with E-state index in [9.17, 15) is 23.1 Å². The van der Waals surface area contributed by atoms with Gasteiger partial charge >= 0.3 is 12.1 Å². The Kier molecular flexibility index (Phi) is 6.69. The molecule has 0 spiro atoms. The standard InChI is InChI=1S/C23H28F3N3O3/c1-15-11-17(12-16(2)20(15)32-22(3,4)21(30)31)14-28-7-9-29(10-8-28)19-6-5-18(13-27-19)23(24,25)26/h5-6,11-13H,7-10,14H2,1-4H3,(H,30,31). The minimum atomic E-state index is -4.38. The van der Waals surface area contributed by atoms with Crippen molar-refractivity contribution in [1.29, 1.82) is 0 Å². The van der Waals surface area contributed by atoms with Crippen molar-refractivity contribution < 1.29 is 27.8 Å². The summed E-state index contributed by atoms with van der Waals surface area (Å²) in [6, 6.07) is 6.49. The summed E-state index contributed by atoms with van der Waals surface area (Å²) in [5, 5.41) is 9.32. The van der Waals surface area contributed by atoms with Crippen LogP contribution >= 0.6 is 0 Å². The molecule has 1 aliphatic heterocycles. The number of pyridine rings is 1. The van der Waals surface area contributed by atoms with Gasteiger partial charge in [-0.25, -0.2) is 9.78 Å². The Balaban J connectivity index is 1.61. The van der Waals surface area contributed by atoms with E-state index in [0.717, 1.165) is 48.6 Å². The molecule has 3 rings (SSSR count). The molecule has 1 aliphatic rings. The summed E-state index contributed by atoms with van der Waals surface area (Å²) in [5.74, 6) is 0.104. The number of alkyl halides is 3. The summed E-state index contributed by atoms with van der Waals surface area (Å²) < 4.78 is 43.9. The number of rotatable bonds is 6. The fourth-order valence-electron chi connectivity index (χ4n) is 3.73. The highest BCUT2D eigenvalue weighted by Crippen LogP contribution is 2.31. The van der Waals surface area contributed by atoms with Gasteiger partial charge in [0.05, 0.1) is 5.56 Å². The molecule has 0 bridgehead atoms. The van der Waals surface area contributed by atoms with Crippen LogP contribution in [0.1, 0.15) is 36.1 Å². The number of carboxylic acids is 1. The summed E-state index contributed by atoms with van der Waals surface area (Å²) in [4.78, 5) is 19.6. The molecule has 0 atom stereocenters. The van der Waals surface area contributed by atoms with E-state index in [1.165, 1.54) is 19.9 Å². The molecule has 0 radical (unpaired) electrons. The number of hydrogen-bond acceptors (Lipinski definition) is 5. The normalized spacial score (nSPS) is 15.7. The van der Waals surface area contributed by atoms with Crippen LogP contribution in [-0.2, 0) is 17.5 Å². The van der Waals surface area contributed by atoms with Gasteiger partial charge < -0.3 is 14.7 Å². The molecule has 0 saturated carbocycles. The summed E-state index contributed by atoms with van der Waals surface area (Å²) >= 11 is 0. The summed E-state index contributed by atoms with van der Waals surface area (Å²) in [6.07, 6.45) is -3.51. The number of ether oxygens (including phenoxy) is 1. The third-order valence-corrected chi connectivity index (χ3v) is 5.57. The molecular weight excluding hydrogens is 423 g/mol. The van der Waals surface area contributed by atoms with Crippen LogP contribution in [-0.4, -0.2) is 52.7 Å². The molecule has 1 fully saturated rings. The average molecular weight is 451 g/mol. The van der Waals surface area contributed by atoms with Gasteiger partial charge in [0.2, 0.25) is 0 Å². The first-order valence-corrected chi connectivity index (χ1v) is 10.4. The molecule has 9 heteroatoms. The number of nitrogens with zero attached hydrogens (tertiary/aromatic N) is 3. The van der Waals surface area contributed by atoms with Gasteiger partial charge in [-0.1, -0.05) is 12.1 Å². The van der Waals surface area contributed by atoms with Crippen LogP contribution in [0.4, 0.5) is 19.0 Å². The molecule has 1 saturated heterocycles. The number of aryl methyl sites for hydroxylation is 2. The molecule has 0 unspecified atom stereocenters. The second-order valence-electron chi connectivity index (χ2n) is 8.64. The topological polar surface area (TPSA) is 65.9 Å². The highest BCUT2D eigenvalue weighted by molar-refractivity contribution is 5.77. The first-order chi connectivity index (χ1) is 14.9.